The molecule has 3 aromatic rings. The fourth-order valence-electron chi connectivity index (χ4n) is 2.98. The van der Waals surface area contributed by atoms with Crippen LogP contribution in [0.25, 0.3) is 16.3 Å². The minimum atomic E-state index is -1.14. The Balaban J connectivity index is 1.77. The number of fused-ring (bicyclic) bond motifs is 1. The molecule has 0 amide bonds. The van der Waals surface area contributed by atoms with Crippen molar-refractivity contribution in [3.05, 3.63) is 77.9 Å². The third kappa shape index (κ3) is 2.84. The van der Waals surface area contributed by atoms with Gasteiger partial charge in [0.05, 0.1) is 6.54 Å². The van der Waals surface area contributed by atoms with E-state index in [1.165, 1.54) is 6.07 Å². The molecule has 0 saturated heterocycles. The number of benzene rings is 3. The molecule has 0 aliphatic carbocycles. The van der Waals surface area contributed by atoms with Crippen LogP contribution < -0.4 is 4.74 Å². The normalized spacial score (nSPS) is 13.4. The third-order valence-electron chi connectivity index (χ3n) is 4.24. The Kier molecular flexibility index (Phi) is 3.97. The maximum atomic E-state index is 13.7. The lowest BCUT2D eigenvalue weighted by Crippen LogP contribution is -2.02. The fourth-order valence-corrected chi connectivity index (χ4v) is 2.98. The Bertz CT molecular complexity index is 1080. The number of aromatic carboxylic acids is 1. The van der Waals surface area contributed by atoms with Crippen molar-refractivity contribution in [3.8, 4) is 11.5 Å². The Hall–Kier alpha value is -3.47. The summed E-state index contributed by atoms with van der Waals surface area (Å²) in [6.07, 6.45) is 1.63. The van der Waals surface area contributed by atoms with Gasteiger partial charge in [-0.3, -0.25) is 4.99 Å². The molecular formula is C21H14FNO3. The first-order valence-electron chi connectivity index (χ1n) is 8.07. The van der Waals surface area contributed by atoms with Crippen molar-refractivity contribution < 1.29 is 19.0 Å². The molecule has 4 rings (SSSR count). The number of aliphatic imine (C=N–C) groups is 1. The first-order valence-corrected chi connectivity index (χ1v) is 8.07. The number of ether oxygens (including phenoxy) is 1. The van der Waals surface area contributed by atoms with E-state index in [-0.39, 0.29) is 17.9 Å². The predicted octanol–water partition coefficient (Wildman–Crippen LogP) is 5.10. The summed E-state index contributed by atoms with van der Waals surface area (Å²) in [5, 5.41) is 11.4. The van der Waals surface area contributed by atoms with Gasteiger partial charge in [0.15, 0.2) is 0 Å². The van der Waals surface area contributed by atoms with Gasteiger partial charge < -0.3 is 9.84 Å². The fraction of sp³-hybridized carbons (Fsp3) is 0.0476. The van der Waals surface area contributed by atoms with Crippen LogP contribution in [0, 0.1) is 0 Å². The number of halogens is 1. The molecule has 128 valence electrons. The molecule has 0 bridgehead atoms. The summed E-state index contributed by atoms with van der Waals surface area (Å²) in [6.45, 7) is 0.262. The molecule has 1 aliphatic rings. The van der Waals surface area contributed by atoms with Gasteiger partial charge in [-0.1, -0.05) is 48.5 Å². The molecule has 0 saturated carbocycles. The molecule has 0 atom stereocenters. The highest BCUT2D eigenvalue weighted by atomic mass is 19.1. The van der Waals surface area contributed by atoms with Gasteiger partial charge in [0.1, 0.15) is 17.1 Å². The van der Waals surface area contributed by atoms with Crippen molar-refractivity contribution in [1.82, 2.24) is 0 Å². The summed E-state index contributed by atoms with van der Waals surface area (Å²) < 4.78 is 19.6. The lowest BCUT2D eigenvalue weighted by molar-refractivity contribution is 0.0694. The predicted molar refractivity (Wildman–Crippen MR) is 98.8 cm³/mol. The zero-order valence-electron chi connectivity index (χ0n) is 13.6. The van der Waals surface area contributed by atoms with Gasteiger partial charge in [-0.25, -0.2) is 4.79 Å². The molecule has 0 radical (unpaired) electrons. The van der Waals surface area contributed by atoms with Crippen LogP contribution >= 0.6 is 0 Å². The van der Waals surface area contributed by atoms with Crippen LogP contribution in [0.3, 0.4) is 0 Å². The van der Waals surface area contributed by atoms with E-state index < -0.39 is 11.9 Å². The van der Waals surface area contributed by atoms with E-state index in [4.69, 9.17) is 4.74 Å². The summed E-state index contributed by atoms with van der Waals surface area (Å²) in [6, 6.07) is 17.9. The van der Waals surface area contributed by atoms with Crippen LogP contribution in [0.15, 0.2) is 71.7 Å². The minimum absolute atomic E-state index is 0.0314. The van der Waals surface area contributed by atoms with Crippen LogP contribution in [0.4, 0.5) is 4.39 Å². The monoisotopic (exact) mass is 347 g/mol. The van der Waals surface area contributed by atoms with Gasteiger partial charge in [0.2, 0.25) is 5.97 Å². The van der Waals surface area contributed by atoms with Gasteiger partial charge in [0.25, 0.3) is 0 Å². The van der Waals surface area contributed by atoms with E-state index in [0.717, 1.165) is 10.8 Å². The van der Waals surface area contributed by atoms with Crippen LogP contribution in [0.1, 0.15) is 15.9 Å². The molecule has 1 heterocycles. The number of carboxylic acid groups (broad SMARTS) is 1. The highest BCUT2D eigenvalue weighted by Gasteiger charge is 2.19. The Morgan fingerprint density at radius 1 is 1.04 bits per heavy atom. The molecular weight excluding hydrogens is 333 g/mol. The first-order chi connectivity index (χ1) is 12.6. The molecule has 3 aromatic carbocycles. The van der Waals surface area contributed by atoms with E-state index >= 15 is 0 Å². The maximum absolute atomic E-state index is 13.7. The number of carboxylic acids is 1. The summed E-state index contributed by atoms with van der Waals surface area (Å²) >= 11 is 0. The lowest BCUT2D eigenvalue weighted by Gasteiger charge is -2.12. The number of allylic oxidation sites excluding steroid dienone is 1. The zero-order chi connectivity index (χ0) is 18.1. The standard InChI is InChI=1S/C21H14FNO3/c22-20-16(10-11-23-20)14-8-9-19(17(12-14)21(24)25)26-18-7-3-5-13-4-1-2-6-15(13)18/h1-10,12H,11H2,(H,24,25). The second kappa shape index (κ2) is 6.44. The van der Waals surface area contributed by atoms with Crippen molar-refractivity contribution in [2.75, 3.05) is 6.54 Å². The number of carbonyl (C=O) groups is 1. The first kappa shape index (κ1) is 16.0. The van der Waals surface area contributed by atoms with Crippen LogP contribution in [-0.4, -0.2) is 23.6 Å². The molecule has 0 spiro atoms. The van der Waals surface area contributed by atoms with Gasteiger partial charge >= 0.3 is 5.97 Å². The second-order valence-electron chi connectivity index (χ2n) is 5.84. The summed E-state index contributed by atoms with van der Waals surface area (Å²) in [5.74, 6) is -0.957. The molecule has 1 N–H and O–H groups in total. The molecule has 0 fully saturated rings. The second-order valence-corrected chi connectivity index (χ2v) is 5.84. The van der Waals surface area contributed by atoms with Gasteiger partial charge in [-0.2, -0.15) is 4.39 Å². The van der Waals surface area contributed by atoms with Crippen molar-refractivity contribution in [3.63, 3.8) is 0 Å². The third-order valence-corrected chi connectivity index (χ3v) is 4.24. The largest absolute Gasteiger partial charge is 0.478 e. The molecule has 0 unspecified atom stereocenters. The average Bonchev–Trinajstić information content (AvgIpc) is 3.08. The Labute approximate surface area is 148 Å². The Morgan fingerprint density at radius 3 is 2.62 bits per heavy atom. The van der Waals surface area contributed by atoms with Crippen LogP contribution in [0.5, 0.6) is 11.5 Å². The minimum Gasteiger partial charge on any atom is -0.478 e. The molecule has 1 aliphatic heterocycles. The number of hydrogen-bond donors (Lipinski definition) is 1. The van der Waals surface area contributed by atoms with Crippen LogP contribution in [0.2, 0.25) is 0 Å². The van der Waals surface area contributed by atoms with E-state index in [0.29, 0.717) is 16.9 Å². The topological polar surface area (TPSA) is 58.9 Å². The van der Waals surface area contributed by atoms with Gasteiger partial charge in [-0.05, 0) is 29.1 Å². The highest BCUT2D eigenvalue weighted by Crippen LogP contribution is 2.33. The molecule has 0 aromatic heterocycles. The SMILES string of the molecule is O=C(O)c1cc(C2=CCN=C2F)ccc1Oc1cccc2ccccc12. The summed E-state index contributed by atoms with van der Waals surface area (Å²) in [5.41, 5.74) is 0.742. The molecule has 4 nitrogen and oxygen atoms in total. The summed E-state index contributed by atoms with van der Waals surface area (Å²) in [4.78, 5) is 15.4. The zero-order valence-corrected chi connectivity index (χ0v) is 13.6. The van der Waals surface area contributed by atoms with Crippen molar-refractivity contribution in [2.45, 2.75) is 0 Å². The van der Waals surface area contributed by atoms with Gasteiger partial charge in [0, 0.05) is 11.0 Å². The van der Waals surface area contributed by atoms with Crippen molar-refractivity contribution in [2.24, 2.45) is 4.99 Å². The molecule has 26 heavy (non-hydrogen) atoms. The van der Waals surface area contributed by atoms with E-state index in [1.807, 2.05) is 36.4 Å². The van der Waals surface area contributed by atoms with Crippen molar-refractivity contribution >= 4 is 28.3 Å². The number of rotatable bonds is 4. The summed E-state index contributed by atoms with van der Waals surface area (Å²) in [7, 11) is 0. The lowest BCUT2D eigenvalue weighted by atomic mass is 10.0. The van der Waals surface area contributed by atoms with Crippen molar-refractivity contribution in [1.29, 1.82) is 0 Å². The number of hydrogen-bond acceptors (Lipinski definition) is 3. The van der Waals surface area contributed by atoms with Gasteiger partial charge in [-0.15, -0.1) is 0 Å². The van der Waals surface area contributed by atoms with E-state index in [2.05, 4.69) is 4.99 Å². The Morgan fingerprint density at radius 2 is 1.85 bits per heavy atom. The molecule has 5 heteroatoms. The van der Waals surface area contributed by atoms with E-state index in [9.17, 15) is 14.3 Å². The van der Waals surface area contributed by atoms with Crippen LogP contribution in [-0.2, 0) is 0 Å². The van der Waals surface area contributed by atoms with E-state index in [1.54, 1.807) is 24.3 Å². The highest BCUT2D eigenvalue weighted by molar-refractivity contribution is 6.20. The maximum Gasteiger partial charge on any atom is 0.339 e. The average molecular weight is 347 g/mol. The number of nitrogens with zero attached hydrogens (tertiary/aromatic N) is 1. The smallest absolute Gasteiger partial charge is 0.339 e. The quantitative estimate of drug-likeness (QED) is 0.715.